The molecule has 0 radical (unpaired) electrons. The number of aryl methyl sites for hydroxylation is 1. The van der Waals surface area contributed by atoms with Gasteiger partial charge in [0.15, 0.2) is 0 Å². The first-order valence-corrected chi connectivity index (χ1v) is 14.4. The molecule has 0 aliphatic heterocycles. The molecule has 20 heavy (non-hydrogen) atoms. The monoisotopic (exact) mass is 332 g/mol. The van der Waals surface area contributed by atoms with Crippen molar-refractivity contribution in [2.75, 3.05) is 0 Å². The van der Waals surface area contributed by atoms with E-state index in [4.69, 9.17) is 5.48 Å². The molecule has 0 heterocycles. The van der Waals surface area contributed by atoms with Crippen molar-refractivity contribution in [2.45, 2.75) is 43.9 Å². The third-order valence-electron chi connectivity index (χ3n) is 3.58. The van der Waals surface area contributed by atoms with Gasteiger partial charge in [-0.2, -0.15) is 0 Å². The van der Waals surface area contributed by atoms with E-state index in [2.05, 4.69) is 35.5 Å². The number of rotatable bonds is 3. The van der Waals surface area contributed by atoms with Crippen molar-refractivity contribution in [2.24, 2.45) is 0 Å². The fraction of sp³-hybridized carbons (Fsp3) is 0.368. The molecule has 0 aliphatic carbocycles. The van der Waals surface area contributed by atoms with Gasteiger partial charge in [-0.25, -0.2) is 0 Å². The number of hydrogen-bond acceptors (Lipinski definition) is 0. The fourth-order valence-corrected chi connectivity index (χ4v) is 6.05. The maximum absolute atomic E-state index is 8.52. The molecular formula is C19H26Ge. The van der Waals surface area contributed by atoms with Crippen LogP contribution in [0.5, 0.6) is 0 Å². The molecule has 0 nitrogen and oxygen atoms in total. The summed E-state index contributed by atoms with van der Waals surface area (Å²) < 4.78 is 32.3. The van der Waals surface area contributed by atoms with Gasteiger partial charge in [0, 0.05) is 0 Å². The summed E-state index contributed by atoms with van der Waals surface area (Å²) in [6.45, 7) is 1.79. The van der Waals surface area contributed by atoms with Crippen LogP contribution in [0.1, 0.15) is 36.4 Å². The first-order chi connectivity index (χ1) is 10.8. The molecule has 2 rings (SSSR count). The zero-order chi connectivity index (χ0) is 18.3. The van der Waals surface area contributed by atoms with E-state index in [1.165, 1.54) is 4.40 Å². The van der Waals surface area contributed by atoms with Crippen molar-refractivity contribution in [1.82, 2.24) is 0 Å². The van der Waals surface area contributed by atoms with Crippen molar-refractivity contribution in [3.8, 4) is 11.1 Å². The summed E-state index contributed by atoms with van der Waals surface area (Å²) >= 11 is -2.07. The van der Waals surface area contributed by atoms with Gasteiger partial charge in [0.1, 0.15) is 0 Å². The molecule has 0 aliphatic rings. The van der Waals surface area contributed by atoms with Crippen LogP contribution in [-0.2, 0) is 0 Å². The van der Waals surface area contributed by atoms with Gasteiger partial charge >= 0.3 is 132 Å². The van der Waals surface area contributed by atoms with E-state index < -0.39 is 26.0 Å². The van der Waals surface area contributed by atoms with E-state index >= 15 is 0 Å². The Morgan fingerprint density at radius 3 is 2.05 bits per heavy atom. The van der Waals surface area contributed by atoms with Gasteiger partial charge in [0.25, 0.3) is 0 Å². The normalized spacial score (nSPS) is 16.1. The number of benzene rings is 2. The van der Waals surface area contributed by atoms with Crippen LogP contribution in [0.3, 0.4) is 0 Å². The fourth-order valence-electron chi connectivity index (χ4n) is 2.45. The molecule has 1 heteroatoms. The zero-order valence-electron chi connectivity index (χ0n) is 17.0. The predicted octanol–water partition coefficient (Wildman–Crippen LogP) is 5.33. The zero-order valence-corrected chi connectivity index (χ0v) is 15.1. The van der Waals surface area contributed by atoms with E-state index in [1.807, 2.05) is 26.0 Å². The predicted molar refractivity (Wildman–Crippen MR) is 93.7 cm³/mol. The molecule has 2 aromatic carbocycles. The van der Waals surface area contributed by atoms with Gasteiger partial charge in [-0.15, -0.1) is 0 Å². The van der Waals surface area contributed by atoms with Crippen molar-refractivity contribution >= 4 is 17.7 Å². The third kappa shape index (κ3) is 3.35. The van der Waals surface area contributed by atoms with Crippen molar-refractivity contribution in [3.05, 3.63) is 53.6 Å². The van der Waals surface area contributed by atoms with E-state index in [0.717, 1.165) is 16.7 Å². The summed E-state index contributed by atoms with van der Waals surface area (Å²) in [7, 11) is 0. The van der Waals surface area contributed by atoms with Gasteiger partial charge in [-0.05, 0) is 0 Å². The summed E-state index contributed by atoms with van der Waals surface area (Å²) in [5.74, 6) is 6.38. The average Bonchev–Trinajstić information content (AvgIpc) is 2.44. The van der Waals surface area contributed by atoms with Crippen LogP contribution in [0.2, 0.25) is 17.3 Å². The molecule has 0 aromatic heterocycles. The topological polar surface area (TPSA) is 0 Å². The SMILES string of the molecule is [2H]C([2H])([2H])c1ccc(-c2cc[c]([Ge]([CH3])([CH3])[CH3])c(C([2H])(C)C)c2)cc1. The summed E-state index contributed by atoms with van der Waals surface area (Å²) in [6, 6.07) is 13.5. The van der Waals surface area contributed by atoms with Gasteiger partial charge in [-0.3, -0.25) is 0 Å². The Morgan fingerprint density at radius 1 is 0.950 bits per heavy atom. The van der Waals surface area contributed by atoms with Gasteiger partial charge in [0.2, 0.25) is 0 Å². The average molecular weight is 331 g/mol. The molecule has 0 saturated heterocycles. The summed E-state index contributed by atoms with van der Waals surface area (Å²) in [4.78, 5) is 0. The molecule has 0 bridgehead atoms. The molecule has 0 N–H and O–H groups in total. The molecule has 0 fully saturated rings. The summed E-state index contributed by atoms with van der Waals surface area (Å²) in [5, 5.41) is 0. The molecule has 0 unspecified atom stereocenters. The van der Waals surface area contributed by atoms with Crippen molar-refractivity contribution < 1.29 is 5.48 Å². The summed E-state index contributed by atoms with van der Waals surface area (Å²) in [6.07, 6.45) is 0. The van der Waals surface area contributed by atoms with Crippen molar-refractivity contribution in [1.29, 1.82) is 0 Å². The molecule has 0 amide bonds. The van der Waals surface area contributed by atoms with Crippen LogP contribution in [0.4, 0.5) is 0 Å². The first kappa shape index (κ1) is 10.7. The molecule has 0 atom stereocenters. The Bertz CT molecular complexity index is 717. The summed E-state index contributed by atoms with van der Waals surface area (Å²) in [5.41, 5.74) is 3.47. The quantitative estimate of drug-likeness (QED) is 0.667. The second kappa shape index (κ2) is 5.77. The van der Waals surface area contributed by atoms with Crippen LogP contribution in [0.25, 0.3) is 11.1 Å². The first-order valence-electron chi connectivity index (χ1n) is 9.06. The molecule has 106 valence electrons. The molecular weight excluding hydrogens is 301 g/mol. The van der Waals surface area contributed by atoms with Gasteiger partial charge in [0.05, 0.1) is 0 Å². The second-order valence-corrected chi connectivity index (χ2v) is 17.2. The Morgan fingerprint density at radius 2 is 1.55 bits per heavy atom. The van der Waals surface area contributed by atoms with Crippen LogP contribution in [0, 0.1) is 6.85 Å². The van der Waals surface area contributed by atoms with Crippen LogP contribution in [-0.4, -0.2) is 13.3 Å². The van der Waals surface area contributed by atoms with E-state index in [1.54, 1.807) is 12.1 Å². The minimum absolute atomic E-state index is 0.355. The van der Waals surface area contributed by atoms with E-state index in [0.29, 0.717) is 5.56 Å². The maximum atomic E-state index is 8.52. The van der Waals surface area contributed by atoms with Crippen LogP contribution < -0.4 is 4.40 Å². The standard InChI is InChI=1S/C19H26Ge/c1-14(2)18-13-17(11-12-19(18)20(4,5)6)16-9-7-15(3)8-10-16/h7-14H,1-6H3/i3D3,14D. The van der Waals surface area contributed by atoms with E-state index in [9.17, 15) is 0 Å². The Labute approximate surface area is 132 Å². The van der Waals surface area contributed by atoms with Gasteiger partial charge < -0.3 is 0 Å². The number of hydrogen-bond donors (Lipinski definition) is 0. The molecule has 0 spiro atoms. The van der Waals surface area contributed by atoms with Crippen LogP contribution in [0.15, 0.2) is 42.5 Å². The van der Waals surface area contributed by atoms with Crippen molar-refractivity contribution in [3.63, 3.8) is 0 Å². The minimum atomic E-state index is -2.07. The second-order valence-electron chi connectivity index (χ2n) is 6.59. The van der Waals surface area contributed by atoms with Gasteiger partial charge in [-0.1, -0.05) is 0 Å². The Kier molecular flexibility index (Phi) is 3.08. The van der Waals surface area contributed by atoms with E-state index in [-0.39, 0.29) is 0 Å². The Hall–Kier alpha value is -1.02. The third-order valence-corrected chi connectivity index (χ3v) is 7.89. The molecule has 2 aromatic rings. The Balaban J connectivity index is 2.53. The molecule has 0 saturated carbocycles. The van der Waals surface area contributed by atoms with Crippen LogP contribution >= 0.6 is 0 Å².